The number of nitrogens with zero attached hydrogens (tertiary/aromatic N) is 2. The molecule has 9 heteroatoms. The maximum atomic E-state index is 12.6. The average molecular weight is 287 g/mol. The lowest BCUT2D eigenvalue weighted by Crippen LogP contribution is -2.04. The molecule has 0 bridgehead atoms. The molecule has 0 radical (unpaired) electrons. The lowest BCUT2D eigenvalue weighted by molar-refractivity contribution is 0.147. The summed E-state index contributed by atoms with van der Waals surface area (Å²) in [5.74, 6) is 0. The van der Waals surface area contributed by atoms with Crippen LogP contribution < -0.4 is 0 Å². The molecule has 1 heterocycles. The zero-order valence-electron chi connectivity index (χ0n) is 7.29. The van der Waals surface area contributed by atoms with Crippen molar-refractivity contribution in [3.8, 4) is 6.07 Å². The van der Waals surface area contributed by atoms with E-state index in [-0.39, 0.29) is 0 Å². The second-order valence-electron chi connectivity index (χ2n) is 2.55. The standard InChI is InChI=1S/C7H2Cl2F2N2O2S/c8-6-3(1-12)5(7(10)11)4(2-13-6)16(9,14)15/h2,7H. The molecule has 4 nitrogen and oxygen atoms in total. The highest BCUT2D eigenvalue weighted by atomic mass is 35.7. The number of aromatic nitrogens is 1. The predicted molar refractivity (Wildman–Crippen MR) is 52.0 cm³/mol. The van der Waals surface area contributed by atoms with Gasteiger partial charge in [0.15, 0.2) is 0 Å². The van der Waals surface area contributed by atoms with Crippen molar-refractivity contribution in [3.05, 3.63) is 22.5 Å². The molecule has 0 aliphatic rings. The Labute approximate surface area is 98.8 Å². The van der Waals surface area contributed by atoms with Crippen LogP contribution in [0.15, 0.2) is 11.1 Å². The molecule has 0 spiro atoms. The Morgan fingerprint density at radius 1 is 1.50 bits per heavy atom. The Morgan fingerprint density at radius 2 is 2.06 bits per heavy atom. The number of pyridine rings is 1. The fraction of sp³-hybridized carbons (Fsp3) is 0.143. The summed E-state index contributed by atoms with van der Waals surface area (Å²) in [5.41, 5.74) is -1.73. The first-order valence-electron chi connectivity index (χ1n) is 3.60. The average Bonchev–Trinajstić information content (AvgIpc) is 2.14. The summed E-state index contributed by atoms with van der Waals surface area (Å²) in [6.07, 6.45) is -2.61. The zero-order chi connectivity index (χ0) is 12.5. The highest BCUT2D eigenvalue weighted by Crippen LogP contribution is 2.33. The van der Waals surface area contributed by atoms with E-state index in [0.717, 1.165) is 0 Å². The fourth-order valence-electron chi connectivity index (χ4n) is 1.00. The quantitative estimate of drug-likeness (QED) is 0.618. The van der Waals surface area contributed by atoms with Gasteiger partial charge in [-0.15, -0.1) is 0 Å². The molecule has 86 valence electrons. The second kappa shape index (κ2) is 4.49. The lowest BCUT2D eigenvalue weighted by Gasteiger charge is -2.07. The monoisotopic (exact) mass is 286 g/mol. The van der Waals surface area contributed by atoms with Crippen LogP contribution in [0.4, 0.5) is 8.78 Å². The molecule has 0 saturated heterocycles. The van der Waals surface area contributed by atoms with Crippen LogP contribution in [0.3, 0.4) is 0 Å². The van der Waals surface area contributed by atoms with Gasteiger partial charge in [0.2, 0.25) is 0 Å². The van der Waals surface area contributed by atoms with Gasteiger partial charge in [-0.3, -0.25) is 0 Å². The Bertz CT molecular complexity index is 568. The molecule has 1 rings (SSSR count). The van der Waals surface area contributed by atoms with E-state index in [9.17, 15) is 17.2 Å². The van der Waals surface area contributed by atoms with Crippen LogP contribution in [0.1, 0.15) is 17.6 Å². The highest BCUT2D eigenvalue weighted by Gasteiger charge is 2.27. The van der Waals surface area contributed by atoms with E-state index in [1.807, 2.05) is 0 Å². The maximum absolute atomic E-state index is 12.6. The zero-order valence-corrected chi connectivity index (χ0v) is 9.61. The molecule has 0 amide bonds. The smallest absolute Gasteiger partial charge is 0.242 e. The molecule has 0 unspecified atom stereocenters. The van der Waals surface area contributed by atoms with Crippen LogP contribution in [0, 0.1) is 11.3 Å². The normalized spacial score (nSPS) is 11.5. The van der Waals surface area contributed by atoms with E-state index in [1.54, 1.807) is 0 Å². The van der Waals surface area contributed by atoms with Crippen molar-refractivity contribution in [3.63, 3.8) is 0 Å². The summed E-state index contributed by atoms with van der Waals surface area (Å²) in [7, 11) is 0.528. The third kappa shape index (κ3) is 2.40. The molecule has 0 N–H and O–H groups in total. The lowest BCUT2D eigenvalue weighted by atomic mass is 10.1. The van der Waals surface area contributed by atoms with Gasteiger partial charge in [-0.2, -0.15) is 5.26 Å². The second-order valence-corrected chi connectivity index (χ2v) is 5.44. The third-order valence-electron chi connectivity index (χ3n) is 1.63. The Balaban J connectivity index is 3.74. The molecule has 1 aromatic rings. The van der Waals surface area contributed by atoms with Crippen LogP contribution in [0.2, 0.25) is 5.15 Å². The van der Waals surface area contributed by atoms with Gasteiger partial charge < -0.3 is 0 Å². The third-order valence-corrected chi connectivity index (χ3v) is 3.26. The molecule has 0 fully saturated rings. The summed E-state index contributed by atoms with van der Waals surface area (Å²) in [6, 6.07) is 1.36. The number of hydrogen-bond acceptors (Lipinski definition) is 4. The first-order chi connectivity index (χ1) is 7.29. The van der Waals surface area contributed by atoms with E-state index < -0.39 is 36.7 Å². The first kappa shape index (κ1) is 13.1. The van der Waals surface area contributed by atoms with E-state index in [0.29, 0.717) is 6.20 Å². The predicted octanol–water partition coefficient (Wildman–Crippen LogP) is 2.47. The largest absolute Gasteiger partial charge is 0.266 e. The SMILES string of the molecule is N#Cc1c(Cl)ncc(S(=O)(=O)Cl)c1C(F)F. The molecular formula is C7H2Cl2F2N2O2S. The Kier molecular flexibility index (Phi) is 3.68. The fourth-order valence-corrected chi connectivity index (χ4v) is 2.20. The number of rotatable bonds is 2. The van der Waals surface area contributed by atoms with Gasteiger partial charge in [0, 0.05) is 16.9 Å². The molecule has 16 heavy (non-hydrogen) atoms. The number of halogens is 4. The van der Waals surface area contributed by atoms with Gasteiger partial charge in [0.05, 0.1) is 11.1 Å². The van der Waals surface area contributed by atoms with Gasteiger partial charge in [0.25, 0.3) is 15.5 Å². The number of nitriles is 1. The molecule has 0 aromatic carbocycles. The molecule has 1 aromatic heterocycles. The molecule has 0 atom stereocenters. The van der Waals surface area contributed by atoms with Gasteiger partial charge in [0.1, 0.15) is 16.1 Å². The van der Waals surface area contributed by atoms with Crippen molar-refractivity contribution < 1.29 is 17.2 Å². The van der Waals surface area contributed by atoms with Crippen LogP contribution in [0.25, 0.3) is 0 Å². The topological polar surface area (TPSA) is 70.8 Å². The summed E-state index contributed by atoms with van der Waals surface area (Å²) < 4.78 is 47.2. The van der Waals surface area contributed by atoms with E-state index in [4.69, 9.17) is 27.5 Å². The Hall–Kier alpha value is -0.970. The highest BCUT2D eigenvalue weighted by molar-refractivity contribution is 8.13. The van der Waals surface area contributed by atoms with Crippen molar-refractivity contribution in [2.24, 2.45) is 0 Å². The van der Waals surface area contributed by atoms with Gasteiger partial charge in [-0.25, -0.2) is 22.2 Å². The van der Waals surface area contributed by atoms with Crippen molar-refractivity contribution >= 4 is 31.3 Å². The molecular weight excluding hydrogens is 285 g/mol. The van der Waals surface area contributed by atoms with E-state index >= 15 is 0 Å². The summed E-state index contributed by atoms with van der Waals surface area (Å²) >= 11 is 5.39. The van der Waals surface area contributed by atoms with Crippen molar-refractivity contribution in [1.29, 1.82) is 5.26 Å². The van der Waals surface area contributed by atoms with Crippen molar-refractivity contribution in [2.75, 3.05) is 0 Å². The summed E-state index contributed by atoms with van der Waals surface area (Å²) in [6.45, 7) is 0. The number of hydrogen-bond donors (Lipinski definition) is 0. The van der Waals surface area contributed by atoms with Crippen LogP contribution in [-0.2, 0) is 9.05 Å². The molecule has 0 saturated carbocycles. The van der Waals surface area contributed by atoms with E-state index in [1.165, 1.54) is 6.07 Å². The van der Waals surface area contributed by atoms with Crippen LogP contribution in [0.5, 0.6) is 0 Å². The van der Waals surface area contributed by atoms with Crippen LogP contribution in [-0.4, -0.2) is 13.4 Å². The maximum Gasteiger partial charge on any atom is 0.266 e. The van der Waals surface area contributed by atoms with E-state index in [2.05, 4.69) is 4.98 Å². The molecule has 0 aliphatic carbocycles. The number of alkyl halides is 2. The summed E-state index contributed by atoms with van der Waals surface area (Å²) in [5, 5.41) is 8.09. The van der Waals surface area contributed by atoms with Gasteiger partial charge in [-0.05, 0) is 0 Å². The van der Waals surface area contributed by atoms with Crippen molar-refractivity contribution in [1.82, 2.24) is 4.98 Å². The Morgan fingerprint density at radius 3 is 2.44 bits per heavy atom. The first-order valence-corrected chi connectivity index (χ1v) is 6.29. The minimum atomic E-state index is -4.41. The van der Waals surface area contributed by atoms with Crippen LogP contribution >= 0.6 is 22.3 Å². The minimum Gasteiger partial charge on any atom is -0.242 e. The van der Waals surface area contributed by atoms with Gasteiger partial charge in [-0.1, -0.05) is 11.6 Å². The van der Waals surface area contributed by atoms with Crippen molar-refractivity contribution in [2.45, 2.75) is 11.3 Å². The minimum absolute atomic E-state index is 0.498. The summed E-state index contributed by atoms with van der Waals surface area (Å²) in [4.78, 5) is 2.39. The molecule has 0 aliphatic heterocycles. The van der Waals surface area contributed by atoms with Gasteiger partial charge >= 0.3 is 0 Å².